The maximum Gasteiger partial charge on any atom is 1.00 e. The zero-order valence-corrected chi connectivity index (χ0v) is 7.89. The quantitative estimate of drug-likeness (QED) is 0.432. The Bertz CT molecular complexity index is 177. The molecule has 0 N–H and O–H groups in total. The molecule has 0 aliphatic carbocycles. The molecular formula is C8H12LiSi. The van der Waals surface area contributed by atoms with Crippen molar-refractivity contribution in [1.82, 2.24) is 0 Å². The van der Waals surface area contributed by atoms with E-state index in [0.29, 0.717) is 0 Å². The van der Waals surface area contributed by atoms with Gasteiger partial charge in [0, 0.05) is 0 Å². The molecule has 10 heavy (non-hydrogen) atoms. The van der Waals surface area contributed by atoms with Crippen LogP contribution in [0.1, 0.15) is 1.43 Å². The van der Waals surface area contributed by atoms with E-state index in [-0.39, 0.29) is 29.1 Å². The maximum atomic E-state index is 2.31. The number of rotatable bonds is 1. The van der Waals surface area contributed by atoms with Gasteiger partial charge >= 0.3 is 18.9 Å². The molecule has 2 heteroatoms. The molecule has 0 amide bonds. The van der Waals surface area contributed by atoms with Gasteiger partial charge in [-0.2, -0.15) is 0 Å². The summed E-state index contributed by atoms with van der Waals surface area (Å²) in [7, 11) is -0.212. The second kappa shape index (κ2) is 4.79. The van der Waals surface area contributed by atoms with E-state index in [0.717, 1.165) is 0 Å². The van der Waals surface area contributed by atoms with Crippen molar-refractivity contribution in [3.8, 4) is 0 Å². The average Bonchev–Trinajstić information content (AvgIpc) is 1.90. The van der Waals surface area contributed by atoms with Crippen LogP contribution in [0.5, 0.6) is 0 Å². The van der Waals surface area contributed by atoms with Crippen LogP contribution in [0.4, 0.5) is 0 Å². The Kier molecular flexibility index (Phi) is 4.81. The predicted molar refractivity (Wildman–Crippen MR) is 44.7 cm³/mol. The monoisotopic (exact) mass is 143 g/mol. The minimum absolute atomic E-state index is 0. The van der Waals surface area contributed by atoms with Crippen LogP contribution >= 0.6 is 0 Å². The predicted octanol–water partition coefficient (Wildman–Crippen LogP) is -1.24. The third-order valence-corrected chi connectivity index (χ3v) is 2.84. The first-order valence-electron chi connectivity index (χ1n) is 3.16. The third-order valence-electron chi connectivity index (χ3n) is 1.35. The average molecular weight is 143 g/mol. The topological polar surface area (TPSA) is 0 Å². The van der Waals surface area contributed by atoms with Crippen molar-refractivity contribution in [3.05, 3.63) is 30.3 Å². The summed E-state index contributed by atoms with van der Waals surface area (Å²) in [4.78, 5) is 0. The van der Waals surface area contributed by atoms with Gasteiger partial charge in [0.2, 0.25) is 0 Å². The minimum atomic E-state index is -0.212. The van der Waals surface area contributed by atoms with Crippen molar-refractivity contribution in [3.63, 3.8) is 0 Å². The van der Waals surface area contributed by atoms with Gasteiger partial charge in [0.25, 0.3) is 0 Å². The largest absolute Gasteiger partial charge is 1.00 e. The van der Waals surface area contributed by atoms with Crippen LogP contribution in [0.15, 0.2) is 30.3 Å². The van der Waals surface area contributed by atoms with E-state index < -0.39 is 0 Å². The normalized spacial score (nSPS) is 9.10. The fraction of sp³-hybridized carbons (Fsp3) is 0.250. The van der Waals surface area contributed by atoms with Gasteiger partial charge < -0.3 is 1.43 Å². The number of benzene rings is 1. The molecule has 0 spiro atoms. The molecule has 0 saturated carbocycles. The number of hydrogen-bond donors (Lipinski definition) is 0. The first-order valence-corrected chi connectivity index (χ1v) is 5.66. The van der Waals surface area contributed by atoms with E-state index in [9.17, 15) is 0 Å². The van der Waals surface area contributed by atoms with Gasteiger partial charge in [0.15, 0.2) is 0 Å². The van der Waals surface area contributed by atoms with E-state index >= 15 is 0 Å². The first kappa shape index (κ1) is 10.0. The zero-order chi connectivity index (χ0) is 6.69. The molecule has 0 atom stereocenters. The third kappa shape index (κ3) is 2.75. The summed E-state index contributed by atoms with van der Waals surface area (Å²) < 4.78 is 0. The summed E-state index contributed by atoms with van der Waals surface area (Å²) in [6, 6.07) is 10.7. The maximum absolute atomic E-state index is 2.31. The molecule has 1 rings (SSSR count). The van der Waals surface area contributed by atoms with Crippen molar-refractivity contribution in [1.29, 1.82) is 0 Å². The van der Waals surface area contributed by atoms with Gasteiger partial charge in [-0.25, -0.2) is 0 Å². The molecule has 1 aromatic rings. The van der Waals surface area contributed by atoms with Crippen LogP contribution in [0.25, 0.3) is 0 Å². The Morgan fingerprint density at radius 1 is 1.10 bits per heavy atom. The van der Waals surface area contributed by atoms with Crippen LogP contribution in [0, 0.1) is 0 Å². The van der Waals surface area contributed by atoms with Crippen molar-refractivity contribution in [2.24, 2.45) is 0 Å². The SMILES string of the molecule is C[Si](C)c1ccccc1.[H-].[Li+]. The molecule has 0 nitrogen and oxygen atoms in total. The molecule has 1 radical (unpaired) electrons. The minimum Gasteiger partial charge on any atom is -1.00 e. The molecular weight excluding hydrogens is 131 g/mol. The second-order valence-electron chi connectivity index (χ2n) is 2.37. The molecule has 0 bridgehead atoms. The van der Waals surface area contributed by atoms with Crippen LogP contribution < -0.4 is 24.0 Å². The summed E-state index contributed by atoms with van der Waals surface area (Å²) in [5, 5.41) is 1.52. The van der Waals surface area contributed by atoms with Gasteiger partial charge in [0.1, 0.15) is 0 Å². The van der Waals surface area contributed by atoms with Crippen LogP contribution in [0.3, 0.4) is 0 Å². The van der Waals surface area contributed by atoms with Gasteiger partial charge in [-0.1, -0.05) is 48.6 Å². The van der Waals surface area contributed by atoms with Gasteiger partial charge in [0.05, 0.1) is 8.80 Å². The van der Waals surface area contributed by atoms with Crippen LogP contribution in [0.2, 0.25) is 13.1 Å². The molecule has 0 saturated heterocycles. The van der Waals surface area contributed by atoms with Crippen LogP contribution in [-0.4, -0.2) is 8.80 Å². The fourth-order valence-corrected chi connectivity index (χ4v) is 1.63. The smallest absolute Gasteiger partial charge is 1.00 e. The Hall–Kier alpha value is 0.0343. The molecule has 0 fully saturated rings. The Balaban J connectivity index is 0. The van der Waals surface area contributed by atoms with E-state index in [2.05, 4.69) is 43.4 Å². The number of hydrogen-bond acceptors (Lipinski definition) is 0. The van der Waals surface area contributed by atoms with Gasteiger partial charge in [-0.3, -0.25) is 0 Å². The molecule has 1 aromatic carbocycles. The van der Waals surface area contributed by atoms with Crippen LogP contribution in [-0.2, 0) is 0 Å². The van der Waals surface area contributed by atoms with E-state index in [4.69, 9.17) is 0 Å². The summed E-state index contributed by atoms with van der Waals surface area (Å²) in [5.74, 6) is 0. The Labute approximate surface area is 77.9 Å². The summed E-state index contributed by atoms with van der Waals surface area (Å²) in [5.41, 5.74) is 0. The Morgan fingerprint density at radius 2 is 1.60 bits per heavy atom. The van der Waals surface area contributed by atoms with Crippen molar-refractivity contribution < 1.29 is 20.3 Å². The van der Waals surface area contributed by atoms with Gasteiger partial charge in [-0.15, -0.1) is 0 Å². The molecule has 0 heterocycles. The van der Waals surface area contributed by atoms with E-state index in [1.54, 1.807) is 0 Å². The van der Waals surface area contributed by atoms with E-state index in [1.807, 2.05) is 0 Å². The molecule has 0 aromatic heterocycles. The van der Waals surface area contributed by atoms with Gasteiger partial charge in [-0.05, 0) is 0 Å². The second-order valence-corrected chi connectivity index (χ2v) is 4.94. The van der Waals surface area contributed by atoms with Crippen molar-refractivity contribution >= 4 is 14.0 Å². The molecule has 49 valence electrons. The summed E-state index contributed by atoms with van der Waals surface area (Å²) >= 11 is 0. The molecule has 0 aliphatic rings. The summed E-state index contributed by atoms with van der Waals surface area (Å²) in [6.45, 7) is 4.61. The Morgan fingerprint density at radius 3 is 1.90 bits per heavy atom. The summed E-state index contributed by atoms with van der Waals surface area (Å²) in [6.07, 6.45) is 0. The van der Waals surface area contributed by atoms with Crippen molar-refractivity contribution in [2.45, 2.75) is 13.1 Å². The zero-order valence-electron chi connectivity index (χ0n) is 7.89. The fourth-order valence-electron chi connectivity index (χ4n) is 0.771. The molecule has 0 unspecified atom stereocenters. The molecule has 0 aliphatic heterocycles. The first-order chi connectivity index (χ1) is 4.30. The van der Waals surface area contributed by atoms with Crippen molar-refractivity contribution in [2.75, 3.05) is 0 Å². The standard InChI is InChI=1S/C8H11Si.Li.H/c1-9(2)8-6-4-3-5-7-8;;/h3-7H,1-2H3;;/q;+1;-1. The van der Waals surface area contributed by atoms with E-state index in [1.165, 1.54) is 5.19 Å².